The van der Waals surface area contributed by atoms with E-state index in [-0.39, 0.29) is 27.4 Å². The Morgan fingerprint density at radius 3 is 2.65 bits per heavy atom. The number of nitrogens with zero attached hydrogens (tertiary/aromatic N) is 4. The zero-order chi connectivity index (χ0) is 25.2. The van der Waals surface area contributed by atoms with Crippen LogP contribution in [0.1, 0.15) is 40.2 Å². The summed E-state index contributed by atoms with van der Waals surface area (Å²) in [7, 11) is 4.15. The summed E-state index contributed by atoms with van der Waals surface area (Å²) in [6.07, 6.45) is -2.82. The number of carbonyl (C=O) groups is 2. The van der Waals surface area contributed by atoms with Crippen molar-refractivity contribution in [3.63, 3.8) is 0 Å². The number of hydrogen-bond acceptors (Lipinski definition) is 6. The molecule has 2 atom stereocenters. The highest BCUT2D eigenvalue weighted by Gasteiger charge is 2.38. The fourth-order valence-corrected chi connectivity index (χ4v) is 4.63. The van der Waals surface area contributed by atoms with E-state index in [1.807, 2.05) is 19.1 Å². The molecular formula is C22H22F3N5O3S. The lowest BCUT2D eigenvalue weighted by molar-refractivity contribution is -0.140. The number of halogens is 3. The van der Waals surface area contributed by atoms with Gasteiger partial charge in [0.25, 0.3) is 11.8 Å². The fourth-order valence-electron chi connectivity index (χ4n) is 3.65. The van der Waals surface area contributed by atoms with Crippen LogP contribution < -0.4 is 10.1 Å². The van der Waals surface area contributed by atoms with Gasteiger partial charge < -0.3 is 10.1 Å². The Labute approximate surface area is 197 Å². The van der Waals surface area contributed by atoms with E-state index in [4.69, 9.17) is 10.00 Å². The van der Waals surface area contributed by atoms with Crippen molar-refractivity contribution in [2.24, 2.45) is 7.05 Å². The van der Waals surface area contributed by atoms with Gasteiger partial charge >= 0.3 is 6.18 Å². The van der Waals surface area contributed by atoms with Gasteiger partial charge in [-0.1, -0.05) is 25.1 Å². The second kappa shape index (κ2) is 9.72. The Hall–Kier alpha value is -3.59. The molecular weight excluding hydrogens is 471 g/mol. The van der Waals surface area contributed by atoms with Gasteiger partial charge in [-0.2, -0.15) is 23.5 Å². The fraction of sp³-hybridized carbons (Fsp3) is 0.364. The maximum absolute atomic E-state index is 13.3. The Balaban J connectivity index is 1.90. The summed E-state index contributed by atoms with van der Waals surface area (Å²) in [6.45, 7) is 1.84. The van der Waals surface area contributed by atoms with E-state index in [1.54, 1.807) is 18.3 Å². The molecule has 34 heavy (non-hydrogen) atoms. The van der Waals surface area contributed by atoms with Gasteiger partial charge in [-0.15, -0.1) is 11.3 Å². The van der Waals surface area contributed by atoms with Gasteiger partial charge in [0.05, 0.1) is 12.0 Å². The van der Waals surface area contributed by atoms with E-state index in [1.165, 1.54) is 21.2 Å². The van der Waals surface area contributed by atoms with E-state index in [9.17, 15) is 22.8 Å². The molecule has 8 nitrogen and oxygen atoms in total. The number of para-hydroxylation sites is 1. The molecule has 1 aromatic carbocycles. The number of aryl methyl sites for hydroxylation is 1. The Morgan fingerprint density at radius 2 is 2.03 bits per heavy atom. The number of nitriles is 1. The van der Waals surface area contributed by atoms with E-state index in [2.05, 4.69) is 10.4 Å². The highest BCUT2D eigenvalue weighted by molar-refractivity contribution is 7.20. The topological polar surface area (TPSA) is 100 Å². The molecule has 12 heteroatoms. The highest BCUT2D eigenvalue weighted by Crippen LogP contribution is 2.37. The van der Waals surface area contributed by atoms with Crippen LogP contribution in [0.4, 0.5) is 13.2 Å². The monoisotopic (exact) mass is 493 g/mol. The lowest BCUT2D eigenvalue weighted by Gasteiger charge is -2.24. The van der Waals surface area contributed by atoms with E-state index in [0.29, 0.717) is 5.75 Å². The number of methoxy groups -OCH3 is 1. The molecule has 180 valence electrons. The van der Waals surface area contributed by atoms with Crippen LogP contribution in [0.25, 0.3) is 10.2 Å². The van der Waals surface area contributed by atoms with Crippen molar-refractivity contribution in [3.05, 3.63) is 46.5 Å². The number of fused-ring (bicyclic) bond motifs is 1. The Kier molecular flexibility index (Phi) is 7.16. The molecule has 1 unspecified atom stereocenters. The van der Waals surface area contributed by atoms with Gasteiger partial charge in [-0.05, 0) is 30.0 Å². The maximum atomic E-state index is 13.3. The molecule has 0 radical (unpaired) electrons. The zero-order valence-corrected chi connectivity index (χ0v) is 19.6. The molecule has 3 aromatic rings. The number of likely N-dealkylation sites (N-methyl/N-ethyl adjacent to an activating group) is 1. The van der Waals surface area contributed by atoms with Crippen LogP contribution >= 0.6 is 11.3 Å². The van der Waals surface area contributed by atoms with E-state index < -0.39 is 29.7 Å². The first-order chi connectivity index (χ1) is 16.0. The minimum atomic E-state index is -4.67. The van der Waals surface area contributed by atoms with Crippen molar-refractivity contribution in [3.8, 4) is 11.9 Å². The van der Waals surface area contributed by atoms with Gasteiger partial charge in [0.15, 0.2) is 11.9 Å². The van der Waals surface area contributed by atoms with Gasteiger partial charge in [-0.25, -0.2) is 0 Å². The molecule has 0 aliphatic rings. The number of nitrogens with one attached hydrogen (secondary N) is 1. The van der Waals surface area contributed by atoms with Crippen LogP contribution in [-0.4, -0.2) is 46.7 Å². The normalized spacial score (nSPS) is 13.2. The van der Waals surface area contributed by atoms with Crippen LogP contribution in [0.5, 0.6) is 5.75 Å². The summed E-state index contributed by atoms with van der Waals surface area (Å²) >= 11 is 0.837. The molecule has 0 aliphatic carbocycles. The maximum Gasteiger partial charge on any atom is 0.435 e. The molecule has 2 amide bonds. The van der Waals surface area contributed by atoms with Crippen LogP contribution in [0.3, 0.4) is 0 Å². The summed E-state index contributed by atoms with van der Waals surface area (Å²) < 4.78 is 46.3. The van der Waals surface area contributed by atoms with Crippen LogP contribution in [0, 0.1) is 11.5 Å². The number of ether oxygens (including phenoxy) is 1. The van der Waals surface area contributed by atoms with Gasteiger partial charge in [0, 0.05) is 19.5 Å². The Morgan fingerprint density at radius 1 is 1.35 bits per heavy atom. The Bertz CT molecular complexity index is 1260. The second-order valence-electron chi connectivity index (χ2n) is 7.70. The third-order valence-corrected chi connectivity index (χ3v) is 6.55. The SMILES string of the molecule is COc1ccccc1C(C)C[C@H](NC(=O)c1cc2c(C(F)(F)F)nn(C)c2s1)C(=O)N(C)C#N. The smallest absolute Gasteiger partial charge is 0.435 e. The number of alkyl halides is 3. The molecule has 0 saturated heterocycles. The minimum Gasteiger partial charge on any atom is -0.496 e. The van der Waals surface area contributed by atoms with E-state index in [0.717, 1.165) is 32.5 Å². The molecule has 3 rings (SSSR count). The van der Waals surface area contributed by atoms with E-state index >= 15 is 0 Å². The third kappa shape index (κ3) is 4.99. The summed E-state index contributed by atoms with van der Waals surface area (Å²) in [5, 5.41) is 15.0. The number of carbonyl (C=O) groups excluding carboxylic acids is 2. The number of benzene rings is 1. The third-order valence-electron chi connectivity index (χ3n) is 5.35. The standard InChI is InChI=1S/C22H22F3N5O3S/c1-12(13-7-5-6-8-16(13)33-4)9-15(20(32)29(2)11-26)27-19(31)17-10-14-18(22(23,24)25)28-30(3)21(14)34-17/h5-8,10,12,15H,9H2,1-4H3,(H,27,31)/t12?,15-/m0/s1. The molecule has 0 aliphatic heterocycles. The number of rotatable bonds is 7. The summed E-state index contributed by atoms with van der Waals surface area (Å²) in [4.78, 5) is 26.8. The second-order valence-corrected chi connectivity index (χ2v) is 8.73. The average Bonchev–Trinajstić information content (AvgIpc) is 3.37. The molecule has 1 N–H and O–H groups in total. The first-order valence-electron chi connectivity index (χ1n) is 10.1. The summed E-state index contributed by atoms with van der Waals surface area (Å²) in [5.74, 6) is -0.999. The number of hydrogen-bond donors (Lipinski definition) is 1. The molecule has 0 saturated carbocycles. The van der Waals surface area contributed by atoms with Gasteiger partial charge in [0.1, 0.15) is 16.6 Å². The van der Waals surface area contributed by atoms with Gasteiger partial charge in [-0.3, -0.25) is 19.2 Å². The highest BCUT2D eigenvalue weighted by atomic mass is 32.1. The van der Waals surface area contributed by atoms with Crippen LogP contribution in [0.2, 0.25) is 0 Å². The average molecular weight is 494 g/mol. The van der Waals surface area contributed by atoms with Crippen molar-refractivity contribution < 1.29 is 27.5 Å². The number of aromatic nitrogens is 2. The van der Waals surface area contributed by atoms with Crippen molar-refractivity contribution in [2.75, 3.05) is 14.2 Å². The molecule has 2 aromatic heterocycles. The molecule has 0 spiro atoms. The molecule has 0 fully saturated rings. The van der Waals surface area contributed by atoms with Crippen molar-refractivity contribution in [1.82, 2.24) is 20.0 Å². The van der Waals surface area contributed by atoms with Crippen molar-refractivity contribution in [2.45, 2.75) is 31.5 Å². The quantitative estimate of drug-likeness (QED) is 0.398. The lowest BCUT2D eigenvalue weighted by Crippen LogP contribution is -2.46. The first kappa shape index (κ1) is 25.0. The van der Waals surface area contributed by atoms with Gasteiger partial charge in [0.2, 0.25) is 0 Å². The summed E-state index contributed by atoms with van der Waals surface area (Å²) in [6, 6.07) is 7.24. The minimum absolute atomic E-state index is 0.00384. The molecule has 0 bridgehead atoms. The van der Waals surface area contributed by atoms with Crippen molar-refractivity contribution >= 4 is 33.4 Å². The van der Waals surface area contributed by atoms with Crippen molar-refractivity contribution in [1.29, 1.82) is 5.26 Å². The number of amides is 2. The lowest BCUT2D eigenvalue weighted by atomic mass is 9.92. The summed E-state index contributed by atoms with van der Waals surface area (Å²) in [5.41, 5.74) is -0.277. The van der Waals surface area contributed by atoms with Crippen LogP contribution in [-0.2, 0) is 18.0 Å². The molecule has 2 heterocycles. The zero-order valence-electron chi connectivity index (χ0n) is 18.8. The predicted molar refractivity (Wildman–Crippen MR) is 119 cm³/mol. The first-order valence-corrected chi connectivity index (χ1v) is 10.9. The predicted octanol–water partition coefficient (Wildman–Crippen LogP) is 3.89. The largest absolute Gasteiger partial charge is 0.496 e. The number of thiophene rings is 1. The van der Waals surface area contributed by atoms with Crippen LogP contribution in [0.15, 0.2) is 30.3 Å².